The van der Waals surface area contributed by atoms with E-state index in [1.54, 1.807) is 0 Å². The molecule has 258 valence electrons. The maximum absolute atomic E-state index is 2.44. The second-order valence-corrected chi connectivity index (χ2v) is 14.5. The molecule has 0 amide bonds. The number of rotatable bonds is 6. The molecule has 2 heteroatoms. The molecule has 0 fully saturated rings. The molecule has 1 aromatic heterocycles. The lowest BCUT2D eigenvalue weighted by Crippen LogP contribution is -2.28. The van der Waals surface area contributed by atoms with E-state index >= 15 is 0 Å². The van der Waals surface area contributed by atoms with E-state index in [0.29, 0.717) is 0 Å². The number of nitrogens with zero attached hydrogens (tertiary/aromatic N) is 2. The van der Waals surface area contributed by atoms with Crippen LogP contribution in [0, 0.1) is 0 Å². The Kier molecular flexibility index (Phi) is 7.11. The van der Waals surface area contributed by atoms with Crippen molar-refractivity contribution >= 4 is 49.6 Å². The van der Waals surface area contributed by atoms with Crippen LogP contribution in [0.25, 0.3) is 49.4 Å². The molecule has 9 aromatic carbocycles. The standard InChI is InChI=1S/C53H36N2/c1-3-18-39(19-4-1)53(49-27-12-9-24-45(49)46-25-10-13-28-50(46)53)40-20-15-23-42(35-40)54(43-31-30-37-16-7-8-17-38(37)34-43)44-32-33-52-48(36-44)47-26-11-14-29-51(47)55(52)41-21-5-2-6-22-41/h1-36H. The first-order chi connectivity index (χ1) is 27.3. The minimum absolute atomic E-state index is 0.493. The highest BCUT2D eigenvalue weighted by Crippen LogP contribution is 2.56. The van der Waals surface area contributed by atoms with Crippen LogP contribution in [0.1, 0.15) is 22.3 Å². The quantitative estimate of drug-likeness (QED) is 0.168. The fourth-order valence-electron chi connectivity index (χ4n) is 9.31. The maximum atomic E-state index is 2.44. The number of anilines is 3. The van der Waals surface area contributed by atoms with Crippen LogP contribution in [0.4, 0.5) is 17.1 Å². The van der Waals surface area contributed by atoms with Gasteiger partial charge < -0.3 is 9.47 Å². The maximum Gasteiger partial charge on any atom is 0.0714 e. The van der Waals surface area contributed by atoms with Crippen LogP contribution in [0.15, 0.2) is 218 Å². The summed E-state index contributed by atoms with van der Waals surface area (Å²) >= 11 is 0. The van der Waals surface area contributed by atoms with Gasteiger partial charge in [-0.3, -0.25) is 0 Å². The number of para-hydroxylation sites is 2. The molecule has 0 unspecified atom stereocenters. The summed E-state index contributed by atoms with van der Waals surface area (Å²) in [5.74, 6) is 0. The first-order valence-corrected chi connectivity index (χ1v) is 19.0. The van der Waals surface area contributed by atoms with Crippen LogP contribution in [-0.2, 0) is 5.41 Å². The third kappa shape index (κ3) is 4.75. The van der Waals surface area contributed by atoms with Crippen molar-refractivity contribution < 1.29 is 0 Å². The van der Waals surface area contributed by atoms with Gasteiger partial charge in [-0.2, -0.15) is 0 Å². The molecule has 1 heterocycles. The molecular weight excluding hydrogens is 665 g/mol. The van der Waals surface area contributed by atoms with Gasteiger partial charge in [-0.1, -0.05) is 158 Å². The summed E-state index contributed by atoms with van der Waals surface area (Å²) in [4.78, 5) is 2.44. The van der Waals surface area contributed by atoms with E-state index in [-0.39, 0.29) is 0 Å². The summed E-state index contributed by atoms with van der Waals surface area (Å²) < 4.78 is 2.38. The molecule has 10 aromatic rings. The highest BCUT2D eigenvalue weighted by atomic mass is 15.1. The van der Waals surface area contributed by atoms with Crippen molar-refractivity contribution in [2.24, 2.45) is 0 Å². The van der Waals surface area contributed by atoms with Crippen molar-refractivity contribution in [3.8, 4) is 16.8 Å². The summed E-state index contributed by atoms with van der Waals surface area (Å²) in [5, 5.41) is 4.89. The van der Waals surface area contributed by atoms with Crippen LogP contribution < -0.4 is 4.90 Å². The molecule has 0 bridgehead atoms. The molecule has 11 rings (SSSR count). The molecule has 0 atom stereocenters. The third-order valence-corrected chi connectivity index (χ3v) is 11.6. The van der Waals surface area contributed by atoms with Gasteiger partial charge in [0, 0.05) is 33.5 Å². The molecular formula is C53H36N2. The molecule has 1 aliphatic rings. The van der Waals surface area contributed by atoms with Crippen molar-refractivity contribution in [2.75, 3.05) is 4.90 Å². The highest BCUT2D eigenvalue weighted by molar-refractivity contribution is 6.10. The zero-order valence-corrected chi connectivity index (χ0v) is 30.2. The number of fused-ring (bicyclic) bond motifs is 7. The van der Waals surface area contributed by atoms with Crippen LogP contribution >= 0.6 is 0 Å². The fourth-order valence-corrected chi connectivity index (χ4v) is 9.31. The number of benzene rings is 9. The van der Waals surface area contributed by atoms with Gasteiger partial charge in [-0.15, -0.1) is 0 Å². The van der Waals surface area contributed by atoms with Crippen molar-refractivity contribution in [3.63, 3.8) is 0 Å². The minimum atomic E-state index is -0.493. The molecule has 0 saturated carbocycles. The van der Waals surface area contributed by atoms with E-state index in [1.165, 1.54) is 66.0 Å². The molecule has 55 heavy (non-hydrogen) atoms. The van der Waals surface area contributed by atoms with Gasteiger partial charge in [0.05, 0.1) is 16.4 Å². The normalized spacial score (nSPS) is 12.9. The first kappa shape index (κ1) is 31.4. The molecule has 0 saturated heterocycles. The Labute approximate surface area is 320 Å². The molecule has 2 nitrogen and oxygen atoms in total. The van der Waals surface area contributed by atoms with Gasteiger partial charge in [0.2, 0.25) is 0 Å². The second kappa shape index (κ2) is 12.5. The first-order valence-electron chi connectivity index (χ1n) is 19.0. The van der Waals surface area contributed by atoms with E-state index in [9.17, 15) is 0 Å². The van der Waals surface area contributed by atoms with Crippen molar-refractivity contribution in [1.82, 2.24) is 4.57 Å². The monoisotopic (exact) mass is 700 g/mol. The van der Waals surface area contributed by atoms with Crippen molar-refractivity contribution in [1.29, 1.82) is 0 Å². The Morgan fingerprint density at radius 3 is 1.69 bits per heavy atom. The van der Waals surface area contributed by atoms with Crippen LogP contribution in [0.3, 0.4) is 0 Å². The van der Waals surface area contributed by atoms with E-state index in [4.69, 9.17) is 0 Å². The lowest BCUT2D eigenvalue weighted by Gasteiger charge is -2.35. The Morgan fingerprint density at radius 2 is 0.909 bits per heavy atom. The number of hydrogen-bond donors (Lipinski definition) is 0. The van der Waals surface area contributed by atoms with Gasteiger partial charge in [-0.05, 0) is 105 Å². The Hall–Kier alpha value is -7.16. The zero-order chi connectivity index (χ0) is 36.3. The highest BCUT2D eigenvalue weighted by Gasteiger charge is 2.46. The van der Waals surface area contributed by atoms with E-state index < -0.39 is 5.41 Å². The SMILES string of the molecule is c1ccc(-n2c3ccccc3c3cc(N(c4cccc(C5(c6ccccc6)c6ccccc6-c6ccccc65)c4)c4ccc5ccccc5c4)ccc32)cc1. The number of hydrogen-bond acceptors (Lipinski definition) is 1. The van der Waals surface area contributed by atoms with Crippen LogP contribution in [-0.4, -0.2) is 4.57 Å². The van der Waals surface area contributed by atoms with Crippen molar-refractivity contribution in [2.45, 2.75) is 5.41 Å². The summed E-state index contributed by atoms with van der Waals surface area (Å²) in [6, 6.07) is 80.1. The lowest BCUT2D eigenvalue weighted by molar-refractivity contribution is 0.768. The average Bonchev–Trinajstić information content (AvgIpc) is 3.75. The van der Waals surface area contributed by atoms with Gasteiger partial charge in [0.25, 0.3) is 0 Å². The minimum Gasteiger partial charge on any atom is -0.310 e. The molecule has 1 aliphatic carbocycles. The second-order valence-electron chi connectivity index (χ2n) is 14.5. The summed E-state index contributed by atoms with van der Waals surface area (Å²) in [6.45, 7) is 0. The smallest absolute Gasteiger partial charge is 0.0714 e. The molecule has 0 aliphatic heterocycles. The predicted octanol–water partition coefficient (Wildman–Crippen LogP) is 13.8. The average molecular weight is 701 g/mol. The zero-order valence-electron chi connectivity index (χ0n) is 30.2. The van der Waals surface area contributed by atoms with Gasteiger partial charge >= 0.3 is 0 Å². The van der Waals surface area contributed by atoms with Crippen LogP contribution in [0.5, 0.6) is 0 Å². The summed E-state index contributed by atoms with van der Waals surface area (Å²) in [7, 11) is 0. The van der Waals surface area contributed by atoms with E-state index in [1.807, 2.05) is 0 Å². The lowest BCUT2D eigenvalue weighted by atomic mass is 9.67. The van der Waals surface area contributed by atoms with Crippen molar-refractivity contribution in [3.05, 3.63) is 241 Å². The number of aromatic nitrogens is 1. The molecule has 0 radical (unpaired) electrons. The predicted molar refractivity (Wildman–Crippen MR) is 230 cm³/mol. The Morgan fingerprint density at radius 1 is 0.345 bits per heavy atom. The third-order valence-electron chi connectivity index (χ3n) is 11.6. The largest absolute Gasteiger partial charge is 0.310 e. The van der Waals surface area contributed by atoms with Gasteiger partial charge in [0.1, 0.15) is 0 Å². The summed E-state index contributed by atoms with van der Waals surface area (Å²) in [5.41, 5.74) is 14.1. The fraction of sp³-hybridized carbons (Fsp3) is 0.0189. The topological polar surface area (TPSA) is 8.17 Å². The molecule has 0 N–H and O–H groups in total. The van der Waals surface area contributed by atoms with Gasteiger partial charge in [0.15, 0.2) is 0 Å². The Bertz CT molecular complexity index is 3000. The summed E-state index contributed by atoms with van der Waals surface area (Å²) in [6.07, 6.45) is 0. The Balaban J connectivity index is 1.18. The van der Waals surface area contributed by atoms with Crippen LogP contribution in [0.2, 0.25) is 0 Å². The van der Waals surface area contributed by atoms with E-state index in [0.717, 1.165) is 22.7 Å². The van der Waals surface area contributed by atoms with Gasteiger partial charge in [-0.25, -0.2) is 0 Å². The molecule has 0 spiro atoms. The van der Waals surface area contributed by atoms with E-state index in [2.05, 4.69) is 228 Å².